The van der Waals surface area contributed by atoms with Crippen LogP contribution in [0.2, 0.25) is 0 Å². The largest absolute Gasteiger partial charge is 0.455 e. The summed E-state index contributed by atoms with van der Waals surface area (Å²) in [7, 11) is 0. The van der Waals surface area contributed by atoms with Crippen LogP contribution in [-0.2, 0) is 0 Å². The Kier molecular flexibility index (Phi) is 7.59. The minimum absolute atomic E-state index is 0.509. The van der Waals surface area contributed by atoms with Gasteiger partial charge in [0.25, 0.3) is 0 Å². The Bertz CT molecular complexity index is 4250. The molecular weight excluding hydrogens is 797 g/mol. The lowest BCUT2D eigenvalue weighted by Crippen LogP contribution is -2.04. The average Bonchev–Trinajstić information content (AvgIpc) is 4.05. The molecule has 14 aromatic rings. The van der Waals surface area contributed by atoms with E-state index in [1.165, 1.54) is 21.5 Å². The Balaban J connectivity index is 1.12. The van der Waals surface area contributed by atoms with E-state index < -0.39 is 0 Å². The van der Waals surface area contributed by atoms with E-state index in [1.54, 1.807) is 0 Å². The summed E-state index contributed by atoms with van der Waals surface area (Å²) in [5.41, 5.74) is 10.7. The van der Waals surface area contributed by atoms with Gasteiger partial charge in [0, 0.05) is 43.4 Å². The maximum Gasteiger partial charge on any atom is 0.167 e. The second kappa shape index (κ2) is 13.8. The van der Waals surface area contributed by atoms with Crippen LogP contribution in [0.15, 0.2) is 215 Å². The van der Waals surface area contributed by atoms with E-state index in [1.807, 2.05) is 42.5 Å². The summed E-state index contributed by atoms with van der Waals surface area (Å²) in [6.07, 6.45) is 0. The van der Waals surface area contributed by atoms with E-state index in [-0.39, 0.29) is 0 Å². The van der Waals surface area contributed by atoms with Gasteiger partial charge in [0.15, 0.2) is 23.1 Å². The topological polar surface area (TPSA) is 69.9 Å². The smallest absolute Gasteiger partial charge is 0.167 e. The molecule has 14 rings (SSSR count). The van der Waals surface area contributed by atoms with Crippen molar-refractivity contribution >= 4 is 87.2 Å². The van der Waals surface area contributed by atoms with Crippen LogP contribution in [0.1, 0.15) is 0 Å². The van der Waals surface area contributed by atoms with Crippen molar-refractivity contribution in [2.24, 2.45) is 0 Å². The van der Waals surface area contributed by atoms with Gasteiger partial charge >= 0.3 is 0 Å². The molecule has 0 aliphatic heterocycles. The molecule has 0 unspecified atom stereocenters. The van der Waals surface area contributed by atoms with Gasteiger partial charge in [0.2, 0.25) is 0 Å². The zero-order valence-corrected chi connectivity index (χ0v) is 34.7. The molecule has 4 heterocycles. The molecule has 65 heavy (non-hydrogen) atoms. The van der Waals surface area contributed by atoms with Crippen LogP contribution in [0.5, 0.6) is 0 Å². The van der Waals surface area contributed by atoms with Gasteiger partial charge in [-0.2, -0.15) is 0 Å². The Hall–Kier alpha value is -8.87. The molecule has 6 heteroatoms. The van der Waals surface area contributed by atoms with Crippen molar-refractivity contribution in [1.29, 1.82) is 0 Å². The number of aromatic nitrogens is 4. The van der Waals surface area contributed by atoms with Crippen molar-refractivity contribution in [2.75, 3.05) is 0 Å². The molecule has 302 valence electrons. The molecule has 0 aliphatic carbocycles. The van der Waals surface area contributed by atoms with Gasteiger partial charge in [-0.15, -0.1) is 0 Å². The van der Waals surface area contributed by atoms with E-state index in [2.05, 4.69) is 168 Å². The van der Waals surface area contributed by atoms with Crippen molar-refractivity contribution in [3.05, 3.63) is 206 Å². The van der Waals surface area contributed by atoms with Crippen molar-refractivity contribution in [2.45, 2.75) is 0 Å². The molecule has 0 aliphatic rings. The molecule has 0 bridgehead atoms. The van der Waals surface area contributed by atoms with Crippen molar-refractivity contribution in [1.82, 2.24) is 19.5 Å². The Morgan fingerprint density at radius 2 is 0.908 bits per heavy atom. The molecule has 0 fully saturated rings. The van der Waals surface area contributed by atoms with Crippen molar-refractivity contribution in [3.63, 3.8) is 0 Å². The third-order valence-electron chi connectivity index (χ3n) is 13.0. The number of hydrogen-bond acceptors (Lipinski definition) is 5. The molecule has 10 aromatic carbocycles. The quantitative estimate of drug-likeness (QED) is 0.173. The van der Waals surface area contributed by atoms with Crippen molar-refractivity contribution < 1.29 is 8.83 Å². The molecule has 4 aromatic heterocycles. The molecule has 0 saturated heterocycles. The fourth-order valence-corrected chi connectivity index (χ4v) is 10.0. The third-order valence-corrected chi connectivity index (χ3v) is 13.0. The van der Waals surface area contributed by atoms with Crippen LogP contribution >= 0.6 is 0 Å². The van der Waals surface area contributed by atoms with Gasteiger partial charge in [-0.25, -0.2) is 15.0 Å². The molecule has 0 spiro atoms. The van der Waals surface area contributed by atoms with Crippen LogP contribution in [-0.4, -0.2) is 19.5 Å². The van der Waals surface area contributed by atoms with E-state index >= 15 is 0 Å². The zero-order chi connectivity index (χ0) is 42.6. The highest BCUT2D eigenvalue weighted by molar-refractivity contribution is 6.24. The predicted octanol–water partition coefficient (Wildman–Crippen LogP) is 15.7. The van der Waals surface area contributed by atoms with Gasteiger partial charge in [-0.1, -0.05) is 152 Å². The minimum Gasteiger partial charge on any atom is -0.455 e. The standard InChI is InChI=1S/C59H34N4O2/c1-2-14-35(15-3-1)37-19-12-20-40(32-37)57-60-58(62-59(61-57)47-25-13-24-44-42-22-8-10-26-51(42)64-55(44)47)46-30-29-45-43-23-9-11-27-52(43)65-56(45)54(46)63-49-31-28-36-16-6-7-21-41(36)53(49)48-33-38-17-4-5-18-39(38)34-50(48)63/h1-34H. The molecular formula is C59H34N4O2. The van der Waals surface area contributed by atoms with E-state index in [0.29, 0.717) is 17.5 Å². The van der Waals surface area contributed by atoms with Gasteiger partial charge in [-0.3, -0.25) is 0 Å². The number of rotatable bonds is 5. The lowest BCUT2D eigenvalue weighted by Gasteiger charge is -2.16. The highest BCUT2D eigenvalue weighted by Gasteiger charge is 2.26. The number of furan rings is 2. The maximum atomic E-state index is 7.02. The first-order chi connectivity index (χ1) is 32.2. The Labute approximate surface area is 371 Å². The normalized spacial score (nSPS) is 12.0. The number of benzene rings is 10. The second-order valence-electron chi connectivity index (χ2n) is 16.7. The zero-order valence-electron chi connectivity index (χ0n) is 34.7. The summed E-state index contributed by atoms with van der Waals surface area (Å²) in [6.45, 7) is 0. The fraction of sp³-hybridized carbons (Fsp3) is 0. The molecule has 0 atom stereocenters. The van der Waals surface area contributed by atoms with E-state index in [9.17, 15) is 0 Å². The van der Waals surface area contributed by atoms with E-state index in [0.717, 1.165) is 99.2 Å². The number of para-hydroxylation sites is 3. The Morgan fingerprint density at radius 1 is 0.323 bits per heavy atom. The van der Waals surface area contributed by atoms with Gasteiger partial charge in [0.05, 0.1) is 16.6 Å². The first-order valence-electron chi connectivity index (χ1n) is 21.8. The van der Waals surface area contributed by atoms with Crippen LogP contribution < -0.4 is 0 Å². The lowest BCUT2D eigenvalue weighted by atomic mass is 10.0. The third kappa shape index (κ3) is 5.44. The number of nitrogens with zero attached hydrogens (tertiary/aromatic N) is 4. The SMILES string of the molecule is c1ccc(-c2cccc(-c3nc(-c4ccc5c(oc6ccccc65)c4-n4c5cc6ccccc6cc5c5c6ccccc6ccc54)nc(-c4cccc5c4oc4ccccc45)n3)c2)cc1. The van der Waals surface area contributed by atoms with Gasteiger partial charge in [-0.05, 0) is 87.3 Å². The Morgan fingerprint density at radius 3 is 1.71 bits per heavy atom. The molecule has 0 amide bonds. The number of fused-ring (bicyclic) bond motifs is 12. The van der Waals surface area contributed by atoms with Crippen LogP contribution in [0, 0.1) is 0 Å². The van der Waals surface area contributed by atoms with Crippen LogP contribution in [0.4, 0.5) is 0 Å². The number of hydrogen-bond donors (Lipinski definition) is 0. The highest BCUT2D eigenvalue weighted by atomic mass is 16.3. The summed E-state index contributed by atoms with van der Waals surface area (Å²) in [6, 6.07) is 72.1. The lowest BCUT2D eigenvalue weighted by molar-refractivity contribution is 0.666. The monoisotopic (exact) mass is 830 g/mol. The van der Waals surface area contributed by atoms with Crippen LogP contribution in [0.3, 0.4) is 0 Å². The first kappa shape index (κ1) is 35.7. The summed E-state index contributed by atoms with van der Waals surface area (Å²) >= 11 is 0. The summed E-state index contributed by atoms with van der Waals surface area (Å²) in [4.78, 5) is 16.2. The average molecular weight is 831 g/mol. The summed E-state index contributed by atoms with van der Waals surface area (Å²) < 4.78 is 16.0. The van der Waals surface area contributed by atoms with Gasteiger partial charge < -0.3 is 13.4 Å². The molecule has 0 saturated carbocycles. The molecule has 0 radical (unpaired) electrons. The summed E-state index contributed by atoms with van der Waals surface area (Å²) in [5, 5.41) is 11.1. The van der Waals surface area contributed by atoms with E-state index in [4.69, 9.17) is 23.8 Å². The molecule has 6 nitrogen and oxygen atoms in total. The van der Waals surface area contributed by atoms with Crippen LogP contribution in [0.25, 0.3) is 138 Å². The second-order valence-corrected chi connectivity index (χ2v) is 16.7. The first-order valence-corrected chi connectivity index (χ1v) is 21.8. The van der Waals surface area contributed by atoms with Gasteiger partial charge in [0.1, 0.15) is 22.4 Å². The summed E-state index contributed by atoms with van der Waals surface area (Å²) in [5.74, 6) is 1.57. The predicted molar refractivity (Wildman–Crippen MR) is 265 cm³/mol. The van der Waals surface area contributed by atoms with Crippen molar-refractivity contribution in [3.8, 4) is 51.0 Å². The highest BCUT2D eigenvalue weighted by Crippen LogP contribution is 2.45. The maximum absolute atomic E-state index is 7.02. The molecule has 0 N–H and O–H groups in total. The fourth-order valence-electron chi connectivity index (χ4n) is 10.0. The minimum atomic E-state index is 0.509.